The molecule has 0 spiro atoms. The van der Waals surface area contributed by atoms with Crippen LogP contribution in [0.4, 0.5) is 5.69 Å². The van der Waals surface area contributed by atoms with E-state index in [0.717, 1.165) is 16.7 Å². The summed E-state index contributed by atoms with van der Waals surface area (Å²) in [5, 5.41) is 15.4. The molecule has 0 fully saturated rings. The van der Waals surface area contributed by atoms with Gasteiger partial charge in [-0.3, -0.25) is 4.98 Å². The van der Waals surface area contributed by atoms with E-state index in [2.05, 4.69) is 125 Å². The van der Waals surface area contributed by atoms with Gasteiger partial charge in [0, 0.05) is 17.7 Å². The van der Waals surface area contributed by atoms with Crippen LogP contribution in [0.1, 0.15) is 5.69 Å². The molecule has 4 aromatic carbocycles. The first-order chi connectivity index (χ1) is 18.7. The number of benzene rings is 4. The van der Waals surface area contributed by atoms with Gasteiger partial charge in [0.2, 0.25) is 8.07 Å². The number of aromatic hydroxyl groups is 1. The summed E-state index contributed by atoms with van der Waals surface area (Å²) in [6.45, 7) is 1.33. The molecule has 0 saturated carbocycles. The second-order valence-corrected chi connectivity index (χ2v) is 13.3. The maximum atomic E-state index is 10.3. The quantitative estimate of drug-likeness (QED) is 0.266. The molecule has 6 rings (SSSR count). The SMILES string of the molecule is Oc1ccccc1N1C=CN(Cc2cccc([Si](c3ccccc3)(c3ccccc3)c3ccccc3)n2)C1. The van der Waals surface area contributed by atoms with Crippen molar-refractivity contribution < 1.29 is 5.11 Å². The molecule has 1 aliphatic heterocycles. The fourth-order valence-corrected chi connectivity index (χ4v) is 10.0. The van der Waals surface area contributed by atoms with Crippen molar-refractivity contribution in [2.75, 3.05) is 11.6 Å². The molecular formula is C33H29N3OSi. The average molecular weight is 512 g/mol. The topological polar surface area (TPSA) is 39.6 Å². The highest BCUT2D eigenvalue weighted by atomic mass is 28.3. The van der Waals surface area contributed by atoms with Crippen molar-refractivity contribution in [1.82, 2.24) is 9.88 Å². The molecule has 0 atom stereocenters. The number of rotatable bonds is 7. The number of phenols is 1. The average Bonchev–Trinajstić information content (AvgIpc) is 3.44. The van der Waals surface area contributed by atoms with Gasteiger partial charge in [0.25, 0.3) is 0 Å². The summed E-state index contributed by atoms with van der Waals surface area (Å²) in [6.07, 6.45) is 4.08. The molecule has 5 heteroatoms. The minimum absolute atomic E-state index is 0.281. The van der Waals surface area contributed by atoms with E-state index >= 15 is 0 Å². The molecule has 1 N–H and O–H groups in total. The highest BCUT2D eigenvalue weighted by Crippen LogP contribution is 2.29. The van der Waals surface area contributed by atoms with Crippen molar-refractivity contribution in [3.8, 4) is 5.75 Å². The molecule has 0 radical (unpaired) electrons. The van der Waals surface area contributed by atoms with Gasteiger partial charge in [-0.1, -0.05) is 109 Å². The van der Waals surface area contributed by atoms with Crippen LogP contribution in [-0.2, 0) is 6.54 Å². The fraction of sp³-hybridized carbons (Fsp3) is 0.0606. The van der Waals surface area contributed by atoms with Crippen molar-refractivity contribution in [2.24, 2.45) is 0 Å². The van der Waals surface area contributed by atoms with E-state index < -0.39 is 8.07 Å². The van der Waals surface area contributed by atoms with E-state index in [1.165, 1.54) is 15.6 Å². The minimum atomic E-state index is -2.65. The Balaban J connectivity index is 1.41. The minimum Gasteiger partial charge on any atom is -0.506 e. The van der Waals surface area contributed by atoms with E-state index in [9.17, 15) is 5.11 Å². The summed E-state index contributed by atoms with van der Waals surface area (Å²) in [5.41, 5.74) is 1.82. The number of para-hydroxylation sites is 2. The molecule has 186 valence electrons. The van der Waals surface area contributed by atoms with Gasteiger partial charge in [0.05, 0.1) is 24.6 Å². The summed E-state index contributed by atoms with van der Waals surface area (Å²) in [4.78, 5) is 9.64. The number of anilines is 1. The Morgan fingerprint density at radius 2 is 1.16 bits per heavy atom. The van der Waals surface area contributed by atoms with Crippen LogP contribution in [0.15, 0.2) is 146 Å². The number of phenolic OH excluding ortho intramolecular Hbond substituents is 1. The lowest BCUT2D eigenvalue weighted by molar-refractivity contribution is 0.393. The first kappa shape index (κ1) is 23.8. The molecule has 0 amide bonds. The Morgan fingerprint density at radius 3 is 1.74 bits per heavy atom. The fourth-order valence-electron chi connectivity index (χ4n) is 5.42. The van der Waals surface area contributed by atoms with Crippen LogP contribution < -0.4 is 25.8 Å². The largest absolute Gasteiger partial charge is 0.506 e. The van der Waals surface area contributed by atoms with Gasteiger partial charge < -0.3 is 14.9 Å². The molecule has 0 aliphatic carbocycles. The molecule has 1 aromatic heterocycles. The normalized spacial score (nSPS) is 13.2. The van der Waals surface area contributed by atoms with Crippen LogP contribution in [0.25, 0.3) is 0 Å². The van der Waals surface area contributed by atoms with E-state index in [-0.39, 0.29) is 5.75 Å². The van der Waals surface area contributed by atoms with E-state index in [1.54, 1.807) is 6.07 Å². The molecule has 5 aromatic rings. The third-order valence-electron chi connectivity index (χ3n) is 7.16. The van der Waals surface area contributed by atoms with Gasteiger partial charge >= 0.3 is 0 Å². The lowest BCUT2D eigenvalue weighted by Crippen LogP contribution is -2.75. The summed E-state index contributed by atoms with van der Waals surface area (Å²) < 4.78 is 0. The van der Waals surface area contributed by atoms with Gasteiger partial charge in [-0.2, -0.15) is 0 Å². The van der Waals surface area contributed by atoms with Gasteiger partial charge in [0.15, 0.2) is 0 Å². The van der Waals surface area contributed by atoms with E-state index in [4.69, 9.17) is 4.98 Å². The zero-order valence-corrected chi connectivity index (χ0v) is 22.1. The maximum absolute atomic E-state index is 10.3. The zero-order chi connectivity index (χ0) is 25.8. The Kier molecular flexibility index (Phi) is 6.50. The smallest absolute Gasteiger partial charge is 0.201 e. The third-order valence-corrected chi connectivity index (χ3v) is 11.8. The molecule has 38 heavy (non-hydrogen) atoms. The highest BCUT2D eigenvalue weighted by Gasteiger charge is 2.42. The molecule has 2 heterocycles. The van der Waals surface area contributed by atoms with Crippen molar-refractivity contribution >= 4 is 34.6 Å². The second kappa shape index (κ2) is 10.4. The Hall–Kier alpha value is -4.61. The second-order valence-electron chi connectivity index (χ2n) is 9.51. The lowest BCUT2D eigenvalue weighted by atomic mass is 10.3. The number of pyridine rings is 1. The van der Waals surface area contributed by atoms with Gasteiger partial charge in [0.1, 0.15) is 5.75 Å². The van der Waals surface area contributed by atoms with Crippen molar-refractivity contribution in [3.63, 3.8) is 0 Å². The van der Waals surface area contributed by atoms with Crippen molar-refractivity contribution in [1.29, 1.82) is 0 Å². The zero-order valence-electron chi connectivity index (χ0n) is 21.1. The molecule has 0 unspecified atom stereocenters. The number of hydrogen-bond donors (Lipinski definition) is 1. The number of nitrogens with zero attached hydrogens (tertiary/aromatic N) is 3. The summed E-state index contributed by atoms with van der Waals surface area (Å²) in [7, 11) is -2.65. The number of aromatic nitrogens is 1. The lowest BCUT2D eigenvalue weighted by Gasteiger charge is -2.33. The molecular weight excluding hydrogens is 482 g/mol. The van der Waals surface area contributed by atoms with Crippen LogP contribution in [0.3, 0.4) is 0 Å². The first-order valence-corrected chi connectivity index (χ1v) is 14.8. The van der Waals surface area contributed by atoms with E-state index in [0.29, 0.717) is 13.2 Å². The molecule has 0 saturated heterocycles. The monoisotopic (exact) mass is 511 g/mol. The predicted octanol–water partition coefficient (Wildman–Crippen LogP) is 3.92. The Labute approximate surface area is 224 Å². The number of hydrogen-bond acceptors (Lipinski definition) is 4. The van der Waals surface area contributed by atoms with Gasteiger partial charge in [-0.15, -0.1) is 0 Å². The first-order valence-electron chi connectivity index (χ1n) is 12.8. The maximum Gasteiger partial charge on any atom is 0.201 e. The third kappa shape index (κ3) is 4.38. The van der Waals surface area contributed by atoms with Crippen molar-refractivity contribution in [3.05, 3.63) is 152 Å². The van der Waals surface area contributed by atoms with Gasteiger partial charge in [-0.05, 0) is 39.8 Å². The van der Waals surface area contributed by atoms with Crippen LogP contribution in [0.2, 0.25) is 0 Å². The van der Waals surface area contributed by atoms with Crippen LogP contribution in [0.5, 0.6) is 5.75 Å². The molecule has 0 bridgehead atoms. The molecule has 1 aliphatic rings. The molecule has 4 nitrogen and oxygen atoms in total. The van der Waals surface area contributed by atoms with Crippen LogP contribution >= 0.6 is 0 Å². The Morgan fingerprint density at radius 1 is 0.605 bits per heavy atom. The highest BCUT2D eigenvalue weighted by molar-refractivity contribution is 7.19. The van der Waals surface area contributed by atoms with Gasteiger partial charge in [-0.25, -0.2) is 0 Å². The summed E-state index contributed by atoms with van der Waals surface area (Å²) >= 11 is 0. The van der Waals surface area contributed by atoms with E-state index in [1.807, 2.05) is 24.4 Å². The summed E-state index contributed by atoms with van der Waals surface area (Å²) in [6, 6.07) is 46.5. The summed E-state index contributed by atoms with van der Waals surface area (Å²) in [5.74, 6) is 0.281. The van der Waals surface area contributed by atoms with Crippen LogP contribution in [-0.4, -0.2) is 29.7 Å². The van der Waals surface area contributed by atoms with Crippen molar-refractivity contribution in [2.45, 2.75) is 6.54 Å². The predicted molar refractivity (Wildman–Crippen MR) is 158 cm³/mol. The van der Waals surface area contributed by atoms with Crippen LogP contribution in [0, 0.1) is 0 Å². The standard InChI is InChI=1S/C33H29N3OSi/c37-32-21-11-10-20-31(32)36-24-23-35(26-36)25-27-13-12-22-33(34-27)38(28-14-4-1-5-15-28,29-16-6-2-7-17-29)30-18-8-3-9-19-30/h1-24,37H,25-26H2. The Bertz CT molecular complexity index is 1440.